The number of alkyl halides is 1. The van der Waals surface area contributed by atoms with Crippen molar-refractivity contribution < 1.29 is 8.95 Å². The molecule has 0 spiro atoms. The van der Waals surface area contributed by atoms with Gasteiger partial charge in [0.2, 0.25) is 0 Å². The van der Waals surface area contributed by atoms with E-state index in [0.717, 1.165) is 17.9 Å². The fraction of sp³-hybridized carbons (Fsp3) is 0.250. The molecule has 0 aromatic heterocycles. The van der Waals surface area contributed by atoms with Crippen LogP contribution < -0.4 is 4.74 Å². The zero-order chi connectivity index (χ0) is 14.8. The van der Waals surface area contributed by atoms with Gasteiger partial charge in [-0.2, -0.15) is 4.21 Å². The molecule has 0 bridgehead atoms. The van der Waals surface area contributed by atoms with E-state index >= 15 is 0 Å². The number of aryl methyl sites for hydroxylation is 2. The molecule has 0 aliphatic heterocycles. The SMILES string of the molecule is Cc1cccc(Oc2ccc(CCCI)cc2)c1.O=S. The second kappa shape index (κ2) is 9.83. The molecule has 2 aromatic carbocycles. The van der Waals surface area contributed by atoms with Gasteiger partial charge in [-0.15, -0.1) is 0 Å². The molecule has 0 unspecified atom stereocenters. The maximum Gasteiger partial charge on any atom is 0.197 e. The summed E-state index contributed by atoms with van der Waals surface area (Å²) in [6.45, 7) is 2.07. The lowest BCUT2D eigenvalue weighted by Crippen LogP contribution is -1.88. The Balaban J connectivity index is 0.000000956. The van der Waals surface area contributed by atoms with Crippen LogP contribution in [0, 0.1) is 6.92 Å². The third-order valence-electron chi connectivity index (χ3n) is 2.75. The largest absolute Gasteiger partial charge is 0.457 e. The van der Waals surface area contributed by atoms with Crippen LogP contribution in [0.25, 0.3) is 0 Å². The van der Waals surface area contributed by atoms with Gasteiger partial charge in [-0.25, -0.2) is 0 Å². The minimum atomic E-state index is 0.898. The van der Waals surface area contributed by atoms with E-state index in [1.54, 1.807) is 0 Å². The highest BCUT2D eigenvalue weighted by Gasteiger charge is 1.98. The van der Waals surface area contributed by atoms with Crippen molar-refractivity contribution >= 4 is 35.1 Å². The van der Waals surface area contributed by atoms with Gasteiger partial charge in [-0.1, -0.05) is 46.9 Å². The van der Waals surface area contributed by atoms with Crippen molar-refractivity contribution in [2.24, 2.45) is 0 Å². The van der Waals surface area contributed by atoms with Gasteiger partial charge in [0, 0.05) is 0 Å². The summed E-state index contributed by atoms with van der Waals surface area (Å²) in [5, 5.41) is 0. The molecule has 2 rings (SSSR count). The molecule has 2 aromatic rings. The van der Waals surface area contributed by atoms with Gasteiger partial charge in [0.1, 0.15) is 11.5 Å². The zero-order valence-corrected chi connectivity index (χ0v) is 14.3. The Labute approximate surface area is 139 Å². The van der Waals surface area contributed by atoms with Crippen LogP contribution in [-0.2, 0) is 19.0 Å². The van der Waals surface area contributed by atoms with Crippen molar-refractivity contribution in [3.63, 3.8) is 0 Å². The molecule has 0 heterocycles. The highest BCUT2D eigenvalue weighted by molar-refractivity contribution is 14.1. The minimum absolute atomic E-state index is 0.898. The summed E-state index contributed by atoms with van der Waals surface area (Å²) in [4.78, 5) is 0. The summed E-state index contributed by atoms with van der Waals surface area (Å²) in [6, 6.07) is 16.5. The monoisotopic (exact) mass is 400 g/mol. The first-order valence-corrected chi connectivity index (χ1v) is 8.20. The number of halogens is 1. The van der Waals surface area contributed by atoms with E-state index in [9.17, 15) is 0 Å². The van der Waals surface area contributed by atoms with Crippen molar-refractivity contribution in [3.05, 3.63) is 59.7 Å². The molecule has 4 heteroatoms. The van der Waals surface area contributed by atoms with E-state index in [0.29, 0.717) is 0 Å². The summed E-state index contributed by atoms with van der Waals surface area (Å²) in [7, 11) is 0. The summed E-state index contributed by atoms with van der Waals surface area (Å²) in [6.07, 6.45) is 2.38. The molecule has 0 saturated carbocycles. The van der Waals surface area contributed by atoms with Gasteiger partial charge in [-0.3, -0.25) is 0 Å². The molecule has 0 aliphatic carbocycles. The van der Waals surface area contributed by atoms with Crippen LogP contribution in [-0.4, -0.2) is 8.64 Å². The van der Waals surface area contributed by atoms with E-state index in [1.807, 2.05) is 30.3 Å². The van der Waals surface area contributed by atoms with Gasteiger partial charge in [0.05, 0.1) is 0 Å². The average Bonchev–Trinajstić information content (AvgIpc) is 2.49. The Morgan fingerprint density at radius 2 is 1.75 bits per heavy atom. The van der Waals surface area contributed by atoms with Crippen LogP contribution in [0.15, 0.2) is 48.5 Å². The second-order valence-corrected chi connectivity index (χ2v) is 5.43. The molecule has 0 radical (unpaired) electrons. The Bertz CT molecular complexity index is 514. The maximum absolute atomic E-state index is 7.83. The predicted octanol–water partition coefficient (Wildman–Crippen LogP) is 4.82. The van der Waals surface area contributed by atoms with E-state index in [-0.39, 0.29) is 0 Å². The molecule has 106 valence electrons. The molecular formula is C16H17IO2S. The molecule has 2 nitrogen and oxygen atoms in total. The molecular weight excluding hydrogens is 383 g/mol. The van der Waals surface area contributed by atoms with E-state index < -0.39 is 0 Å². The van der Waals surface area contributed by atoms with E-state index in [1.165, 1.54) is 22.0 Å². The van der Waals surface area contributed by atoms with Gasteiger partial charge in [0.25, 0.3) is 0 Å². The van der Waals surface area contributed by atoms with Crippen LogP contribution in [0.1, 0.15) is 17.5 Å². The molecule has 0 N–H and O–H groups in total. The second-order valence-electron chi connectivity index (χ2n) is 4.36. The molecule has 0 fully saturated rings. The molecule has 0 amide bonds. The zero-order valence-electron chi connectivity index (χ0n) is 11.3. The number of rotatable bonds is 5. The van der Waals surface area contributed by atoms with Crippen molar-refractivity contribution in [3.8, 4) is 11.5 Å². The molecule has 0 saturated heterocycles. The first-order valence-electron chi connectivity index (χ1n) is 6.34. The molecule has 0 aliphatic rings. The quantitative estimate of drug-likeness (QED) is 0.532. The fourth-order valence-corrected chi connectivity index (χ4v) is 2.19. The minimum Gasteiger partial charge on any atom is -0.457 e. The summed E-state index contributed by atoms with van der Waals surface area (Å²) in [5.74, 6) is 1.80. The number of hydrogen-bond acceptors (Lipinski definition) is 3. The summed E-state index contributed by atoms with van der Waals surface area (Å²) >= 11 is 5.25. The van der Waals surface area contributed by atoms with Gasteiger partial charge < -0.3 is 4.74 Å². The van der Waals surface area contributed by atoms with Crippen LogP contribution >= 0.6 is 22.6 Å². The topological polar surface area (TPSA) is 26.3 Å². The fourth-order valence-electron chi connectivity index (χ4n) is 1.81. The number of ether oxygens (including phenoxy) is 1. The Morgan fingerprint density at radius 3 is 2.35 bits per heavy atom. The van der Waals surface area contributed by atoms with E-state index in [4.69, 9.17) is 8.95 Å². The predicted molar refractivity (Wildman–Crippen MR) is 93.0 cm³/mol. The van der Waals surface area contributed by atoms with Crippen LogP contribution in [0.4, 0.5) is 0 Å². The number of benzene rings is 2. The van der Waals surface area contributed by atoms with Gasteiger partial charge in [0.15, 0.2) is 12.5 Å². The third-order valence-corrected chi connectivity index (χ3v) is 3.51. The average molecular weight is 400 g/mol. The summed E-state index contributed by atoms with van der Waals surface area (Å²) < 4.78 is 14.9. The van der Waals surface area contributed by atoms with Crippen LogP contribution in [0.5, 0.6) is 11.5 Å². The van der Waals surface area contributed by atoms with Gasteiger partial charge in [-0.05, 0) is 59.6 Å². The van der Waals surface area contributed by atoms with Crippen LogP contribution in [0.2, 0.25) is 0 Å². The summed E-state index contributed by atoms with van der Waals surface area (Å²) in [5.41, 5.74) is 2.59. The normalized spacial score (nSPS) is 9.50. The maximum atomic E-state index is 7.83. The standard InChI is InChI=1S/C16H17IO.OS/c1-13-4-2-6-16(12-13)18-15-9-7-14(8-10-15)5-3-11-17;1-2/h2,4,6-10,12H,3,5,11H2,1H3;. The van der Waals surface area contributed by atoms with Crippen LogP contribution in [0.3, 0.4) is 0 Å². The lowest BCUT2D eigenvalue weighted by atomic mass is 10.1. The Hall–Kier alpha value is -1.01. The molecule has 20 heavy (non-hydrogen) atoms. The van der Waals surface area contributed by atoms with Crippen molar-refractivity contribution in [2.45, 2.75) is 19.8 Å². The number of hydrogen-bond donors (Lipinski definition) is 0. The Kier molecular flexibility index (Phi) is 8.37. The van der Waals surface area contributed by atoms with E-state index in [2.05, 4.69) is 60.2 Å². The van der Waals surface area contributed by atoms with Crippen molar-refractivity contribution in [1.29, 1.82) is 0 Å². The van der Waals surface area contributed by atoms with Crippen molar-refractivity contribution in [1.82, 2.24) is 0 Å². The smallest absolute Gasteiger partial charge is 0.197 e. The highest BCUT2D eigenvalue weighted by Crippen LogP contribution is 2.22. The first-order chi connectivity index (χ1) is 9.78. The third kappa shape index (κ3) is 5.96. The first kappa shape index (κ1) is 17.0. The highest BCUT2D eigenvalue weighted by atomic mass is 127. The lowest BCUT2D eigenvalue weighted by molar-refractivity contribution is 0.482. The molecule has 0 atom stereocenters. The van der Waals surface area contributed by atoms with Crippen molar-refractivity contribution in [2.75, 3.05) is 4.43 Å². The van der Waals surface area contributed by atoms with Gasteiger partial charge >= 0.3 is 0 Å². The lowest BCUT2D eigenvalue weighted by Gasteiger charge is -2.07. The Morgan fingerprint density at radius 1 is 1.05 bits per heavy atom.